The van der Waals surface area contributed by atoms with Crippen molar-refractivity contribution in [3.8, 4) is 5.75 Å². The molecule has 6 nitrogen and oxygen atoms in total. The molecule has 1 heterocycles. The van der Waals surface area contributed by atoms with E-state index in [-0.39, 0.29) is 18.6 Å². The Morgan fingerprint density at radius 3 is 3.11 bits per heavy atom. The fourth-order valence-electron chi connectivity index (χ4n) is 1.89. The highest BCUT2D eigenvalue weighted by Crippen LogP contribution is 2.35. The van der Waals surface area contributed by atoms with Crippen LogP contribution in [0.4, 0.5) is 17.1 Å². The molecule has 0 saturated carbocycles. The summed E-state index contributed by atoms with van der Waals surface area (Å²) < 4.78 is 10.7. The number of carbonyl (C=O) groups excluding carboxylic acids is 1. The maximum absolute atomic E-state index is 11.3. The number of hydrogen-bond acceptors (Lipinski definition) is 5. The molecule has 2 rings (SSSR count). The van der Waals surface area contributed by atoms with Crippen LogP contribution in [0.25, 0.3) is 0 Å². The number of nitrogen functional groups attached to an aromatic ring is 1. The molecule has 1 amide bonds. The van der Waals surface area contributed by atoms with Crippen LogP contribution in [0, 0.1) is 0 Å². The van der Waals surface area contributed by atoms with E-state index in [0.29, 0.717) is 30.3 Å². The van der Waals surface area contributed by atoms with E-state index < -0.39 is 0 Å². The summed E-state index contributed by atoms with van der Waals surface area (Å²) in [5.41, 5.74) is 7.92. The molecule has 19 heavy (non-hydrogen) atoms. The van der Waals surface area contributed by atoms with Crippen molar-refractivity contribution in [3.05, 3.63) is 12.1 Å². The zero-order valence-electron chi connectivity index (χ0n) is 11.2. The van der Waals surface area contributed by atoms with Crippen LogP contribution in [0.5, 0.6) is 5.75 Å². The quantitative estimate of drug-likeness (QED) is 0.701. The van der Waals surface area contributed by atoms with E-state index in [1.165, 1.54) is 0 Å². The Bertz CT molecular complexity index is 476. The fourth-order valence-corrected chi connectivity index (χ4v) is 1.89. The Hall–Kier alpha value is -1.95. The van der Waals surface area contributed by atoms with Gasteiger partial charge in [-0.25, -0.2) is 0 Å². The molecule has 0 spiro atoms. The van der Waals surface area contributed by atoms with Crippen molar-refractivity contribution in [3.63, 3.8) is 0 Å². The molecular weight excluding hydrogens is 246 g/mol. The predicted octanol–water partition coefficient (Wildman–Crippen LogP) is 1.44. The van der Waals surface area contributed by atoms with E-state index in [0.717, 1.165) is 5.69 Å². The molecular formula is C13H19N3O3. The lowest BCUT2D eigenvalue weighted by Crippen LogP contribution is -2.26. The molecule has 0 aliphatic carbocycles. The third-order valence-corrected chi connectivity index (χ3v) is 2.82. The second-order valence-corrected chi connectivity index (χ2v) is 4.42. The van der Waals surface area contributed by atoms with Crippen molar-refractivity contribution >= 4 is 23.0 Å². The number of hydrogen-bond donors (Lipinski definition) is 3. The number of anilines is 3. The molecule has 6 heteroatoms. The number of fused-ring (bicyclic) bond motifs is 1. The minimum atomic E-state index is -0.161. The molecule has 0 bridgehead atoms. The number of rotatable bonds is 5. The van der Waals surface area contributed by atoms with Crippen LogP contribution < -0.4 is 21.1 Å². The summed E-state index contributed by atoms with van der Waals surface area (Å²) >= 11 is 0. The summed E-state index contributed by atoms with van der Waals surface area (Å²) in [6, 6.07) is 3.49. The highest BCUT2D eigenvalue weighted by Gasteiger charge is 2.18. The van der Waals surface area contributed by atoms with Gasteiger partial charge in [0.1, 0.15) is 5.75 Å². The molecule has 0 fully saturated rings. The minimum absolute atomic E-state index is 0.0284. The van der Waals surface area contributed by atoms with Gasteiger partial charge >= 0.3 is 0 Å². The normalized spacial score (nSPS) is 15.2. The first-order valence-electron chi connectivity index (χ1n) is 6.31. The van der Waals surface area contributed by atoms with Gasteiger partial charge in [-0.3, -0.25) is 4.79 Å². The lowest BCUT2D eigenvalue weighted by molar-refractivity contribution is -0.118. The van der Waals surface area contributed by atoms with Gasteiger partial charge < -0.3 is 25.8 Å². The molecule has 1 aliphatic rings. The Balaban J connectivity index is 2.08. The largest absolute Gasteiger partial charge is 0.482 e. The van der Waals surface area contributed by atoms with E-state index in [4.69, 9.17) is 15.2 Å². The van der Waals surface area contributed by atoms with E-state index >= 15 is 0 Å². The number of ether oxygens (including phenoxy) is 2. The topological polar surface area (TPSA) is 85.6 Å². The highest BCUT2D eigenvalue weighted by atomic mass is 16.5. The van der Waals surface area contributed by atoms with E-state index in [2.05, 4.69) is 10.6 Å². The van der Waals surface area contributed by atoms with Crippen molar-refractivity contribution < 1.29 is 14.3 Å². The number of carbonyl (C=O) groups is 1. The van der Waals surface area contributed by atoms with Gasteiger partial charge in [0.15, 0.2) is 6.61 Å². The maximum Gasteiger partial charge on any atom is 0.262 e. The van der Waals surface area contributed by atoms with Gasteiger partial charge in [0.2, 0.25) is 0 Å². The monoisotopic (exact) mass is 265 g/mol. The zero-order valence-corrected chi connectivity index (χ0v) is 11.2. The third-order valence-electron chi connectivity index (χ3n) is 2.82. The molecule has 0 saturated heterocycles. The van der Waals surface area contributed by atoms with E-state index in [9.17, 15) is 4.79 Å². The van der Waals surface area contributed by atoms with Gasteiger partial charge in [0, 0.05) is 19.2 Å². The molecule has 1 atom stereocenters. The summed E-state index contributed by atoms with van der Waals surface area (Å²) in [5, 5.41) is 5.96. The molecule has 4 N–H and O–H groups in total. The van der Waals surface area contributed by atoms with Crippen molar-refractivity contribution in [2.24, 2.45) is 0 Å². The third kappa shape index (κ3) is 3.29. The van der Waals surface area contributed by atoms with Crippen molar-refractivity contribution in [1.82, 2.24) is 0 Å². The van der Waals surface area contributed by atoms with Crippen LogP contribution in [0.1, 0.15) is 13.8 Å². The van der Waals surface area contributed by atoms with E-state index in [1.54, 1.807) is 12.1 Å². The summed E-state index contributed by atoms with van der Waals surface area (Å²) in [7, 11) is 0. The number of amides is 1. The Morgan fingerprint density at radius 1 is 1.58 bits per heavy atom. The first kappa shape index (κ1) is 13.5. The van der Waals surface area contributed by atoms with Gasteiger partial charge in [0.25, 0.3) is 5.91 Å². The average molecular weight is 265 g/mol. The first-order chi connectivity index (χ1) is 9.10. The molecule has 0 aromatic heterocycles. The molecule has 104 valence electrons. The Labute approximate surface area is 112 Å². The second-order valence-electron chi connectivity index (χ2n) is 4.42. The first-order valence-corrected chi connectivity index (χ1v) is 6.31. The van der Waals surface area contributed by atoms with Crippen LogP contribution in [0.3, 0.4) is 0 Å². The van der Waals surface area contributed by atoms with Crippen LogP contribution in [0.2, 0.25) is 0 Å². The maximum atomic E-state index is 11.3. The van der Waals surface area contributed by atoms with Crippen LogP contribution in [-0.4, -0.2) is 31.8 Å². The van der Waals surface area contributed by atoms with Gasteiger partial charge in [-0.1, -0.05) is 0 Å². The number of nitrogens with two attached hydrogens (primary N) is 1. The molecule has 1 unspecified atom stereocenters. The van der Waals surface area contributed by atoms with Gasteiger partial charge in [-0.15, -0.1) is 0 Å². The fraction of sp³-hybridized carbons (Fsp3) is 0.462. The van der Waals surface area contributed by atoms with Crippen LogP contribution in [-0.2, 0) is 9.53 Å². The average Bonchev–Trinajstić information content (AvgIpc) is 2.37. The summed E-state index contributed by atoms with van der Waals surface area (Å²) in [5.74, 6) is 0.436. The molecule has 1 aromatic rings. The van der Waals surface area contributed by atoms with Crippen LogP contribution in [0.15, 0.2) is 12.1 Å². The van der Waals surface area contributed by atoms with Crippen molar-refractivity contribution in [2.45, 2.75) is 20.0 Å². The van der Waals surface area contributed by atoms with E-state index in [1.807, 2.05) is 13.8 Å². The Kier molecular flexibility index (Phi) is 4.11. The lowest BCUT2D eigenvalue weighted by atomic mass is 10.2. The van der Waals surface area contributed by atoms with Crippen LogP contribution >= 0.6 is 0 Å². The molecule has 1 aliphatic heterocycles. The summed E-state index contributed by atoms with van der Waals surface area (Å²) in [6.45, 7) is 5.28. The zero-order chi connectivity index (χ0) is 13.8. The van der Waals surface area contributed by atoms with Crippen molar-refractivity contribution in [2.75, 3.05) is 36.1 Å². The summed E-state index contributed by atoms with van der Waals surface area (Å²) in [4.78, 5) is 11.3. The van der Waals surface area contributed by atoms with Gasteiger partial charge in [-0.2, -0.15) is 0 Å². The molecule has 0 radical (unpaired) electrons. The molecule has 1 aromatic carbocycles. The minimum Gasteiger partial charge on any atom is -0.482 e. The highest BCUT2D eigenvalue weighted by molar-refractivity contribution is 5.97. The predicted molar refractivity (Wildman–Crippen MR) is 74.6 cm³/mol. The van der Waals surface area contributed by atoms with Gasteiger partial charge in [-0.05, 0) is 19.9 Å². The van der Waals surface area contributed by atoms with Crippen molar-refractivity contribution in [1.29, 1.82) is 0 Å². The SMILES string of the molecule is CCOC(C)CNc1cc2c(cc1N)OCC(=O)N2. The Morgan fingerprint density at radius 2 is 2.37 bits per heavy atom. The van der Waals surface area contributed by atoms with Gasteiger partial charge in [0.05, 0.1) is 23.2 Å². The lowest BCUT2D eigenvalue weighted by Gasteiger charge is -2.21. The summed E-state index contributed by atoms with van der Waals surface area (Å²) in [6.07, 6.45) is 0.0891. The second kappa shape index (κ2) is 5.79. The number of benzene rings is 1. The standard InChI is InChI=1S/C13H19N3O3/c1-3-18-8(2)6-15-10-5-11-12(4-9(10)14)19-7-13(17)16-11/h4-5,8,15H,3,6-7,14H2,1-2H3,(H,16,17). The number of nitrogens with one attached hydrogen (secondary N) is 2. The smallest absolute Gasteiger partial charge is 0.262 e.